The van der Waals surface area contributed by atoms with Gasteiger partial charge in [-0.05, 0) is 24.1 Å². The molecule has 0 unspecified atom stereocenters. The third-order valence-corrected chi connectivity index (χ3v) is 2.77. The lowest BCUT2D eigenvalue weighted by Gasteiger charge is -2.04. The number of hydrogen-bond donors (Lipinski definition) is 3. The van der Waals surface area contributed by atoms with E-state index < -0.39 is 0 Å². The van der Waals surface area contributed by atoms with Crippen LogP contribution in [-0.4, -0.2) is 19.6 Å². The SMILES string of the molecule is NCCN.c1ccc(CCNCc2ccccc2)cc1. The van der Waals surface area contributed by atoms with Crippen molar-refractivity contribution in [1.82, 2.24) is 5.32 Å². The van der Waals surface area contributed by atoms with E-state index >= 15 is 0 Å². The van der Waals surface area contributed by atoms with E-state index in [4.69, 9.17) is 11.5 Å². The predicted molar refractivity (Wildman–Crippen MR) is 86.4 cm³/mol. The van der Waals surface area contributed by atoms with Crippen molar-refractivity contribution >= 4 is 0 Å². The molecule has 0 heterocycles. The lowest BCUT2D eigenvalue weighted by Crippen LogP contribution is -2.16. The normalized spacial score (nSPS) is 9.70. The van der Waals surface area contributed by atoms with Gasteiger partial charge in [-0.1, -0.05) is 60.7 Å². The fraction of sp³-hybridized carbons (Fsp3) is 0.294. The summed E-state index contributed by atoms with van der Waals surface area (Å²) in [5.74, 6) is 0. The highest BCUT2D eigenvalue weighted by Crippen LogP contribution is 2.00. The minimum atomic E-state index is 0.597. The van der Waals surface area contributed by atoms with E-state index in [1.165, 1.54) is 11.1 Å². The van der Waals surface area contributed by atoms with E-state index in [2.05, 4.69) is 59.9 Å². The second-order valence-electron chi connectivity index (χ2n) is 4.48. The van der Waals surface area contributed by atoms with Gasteiger partial charge in [0.15, 0.2) is 0 Å². The zero-order valence-corrected chi connectivity index (χ0v) is 12.0. The maximum absolute atomic E-state index is 4.90. The Morgan fingerprint density at radius 2 is 1.20 bits per heavy atom. The third-order valence-electron chi connectivity index (χ3n) is 2.77. The number of benzene rings is 2. The van der Waals surface area contributed by atoms with Crippen LogP contribution in [0.1, 0.15) is 11.1 Å². The smallest absolute Gasteiger partial charge is 0.0205 e. The Kier molecular flexibility index (Phi) is 9.15. The van der Waals surface area contributed by atoms with Crippen molar-refractivity contribution in [2.45, 2.75) is 13.0 Å². The summed E-state index contributed by atoms with van der Waals surface area (Å²) in [5.41, 5.74) is 12.5. The standard InChI is InChI=1S/C15H17N.C2H8N2/c1-3-7-14(8-4-1)11-12-16-13-15-9-5-2-6-10-15;3-1-2-4/h1-10,16H,11-13H2;1-4H2. The van der Waals surface area contributed by atoms with Crippen molar-refractivity contribution in [1.29, 1.82) is 0 Å². The van der Waals surface area contributed by atoms with Crippen LogP contribution >= 0.6 is 0 Å². The number of nitrogens with one attached hydrogen (secondary N) is 1. The molecule has 0 aliphatic carbocycles. The molecule has 5 N–H and O–H groups in total. The fourth-order valence-corrected chi connectivity index (χ4v) is 1.71. The van der Waals surface area contributed by atoms with E-state index in [0.29, 0.717) is 13.1 Å². The van der Waals surface area contributed by atoms with Crippen molar-refractivity contribution in [3.05, 3.63) is 71.8 Å². The first-order chi connectivity index (χ1) is 9.86. The first kappa shape index (κ1) is 16.4. The molecule has 2 rings (SSSR count). The molecule has 108 valence electrons. The molecule has 20 heavy (non-hydrogen) atoms. The van der Waals surface area contributed by atoms with E-state index in [-0.39, 0.29) is 0 Å². The van der Waals surface area contributed by atoms with Crippen LogP contribution in [0.2, 0.25) is 0 Å². The van der Waals surface area contributed by atoms with Gasteiger partial charge in [0, 0.05) is 19.6 Å². The zero-order valence-electron chi connectivity index (χ0n) is 12.0. The van der Waals surface area contributed by atoms with E-state index in [0.717, 1.165) is 19.5 Å². The van der Waals surface area contributed by atoms with Gasteiger partial charge in [0.05, 0.1) is 0 Å². The molecule has 0 atom stereocenters. The molecular formula is C17H25N3. The van der Waals surface area contributed by atoms with Gasteiger partial charge in [0.1, 0.15) is 0 Å². The van der Waals surface area contributed by atoms with Gasteiger partial charge in [-0.3, -0.25) is 0 Å². The Bertz CT molecular complexity index is 385. The molecule has 0 aliphatic heterocycles. The van der Waals surface area contributed by atoms with Gasteiger partial charge >= 0.3 is 0 Å². The summed E-state index contributed by atoms with van der Waals surface area (Å²) in [7, 11) is 0. The first-order valence-electron chi connectivity index (χ1n) is 7.05. The summed E-state index contributed by atoms with van der Waals surface area (Å²) in [5, 5.41) is 3.45. The maximum Gasteiger partial charge on any atom is 0.0205 e. The molecule has 0 saturated carbocycles. The molecule has 0 spiro atoms. The van der Waals surface area contributed by atoms with Crippen molar-refractivity contribution in [3.8, 4) is 0 Å². The summed E-state index contributed by atoms with van der Waals surface area (Å²) < 4.78 is 0. The van der Waals surface area contributed by atoms with Crippen LogP contribution in [-0.2, 0) is 13.0 Å². The monoisotopic (exact) mass is 271 g/mol. The Morgan fingerprint density at radius 1 is 0.700 bits per heavy atom. The molecule has 0 aromatic heterocycles. The average molecular weight is 271 g/mol. The molecule has 2 aromatic rings. The number of rotatable bonds is 6. The van der Waals surface area contributed by atoms with Crippen LogP contribution in [0.25, 0.3) is 0 Å². The Balaban J connectivity index is 0.000000444. The highest BCUT2D eigenvalue weighted by Gasteiger charge is 1.92. The van der Waals surface area contributed by atoms with Gasteiger partial charge in [-0.25, -0.2) is 0 Å². The van der Waals surface area contributed by atoms with Crippen molar-refractivity contribution < 1.29 is 0 Å². The molecule has 0 aliphatic rings. The van der Waals surface area contributed by atoms with Crippen LogP contribution < -0.4 is 16.8 Å². The molecule has 2 aromatic carbocycles. The lowest BCUT2D eigenvalue weighted by atomic mass is 10.1. The largest absolute Gasteiger partial charge is 0.329 e. The molecule has 0 amide bonds. The van der Waals surface area contributed by atoms with Crippen LogP contribution in [0.4, 0.5) is 0 Å². The van der Waals surface area contributed by atoms with Gasteiger partial charge in [-0.15, -0.1) is 0 Å². The minimum absolute atomic E-state index is 0.597. The summed E-state index contributed by atoms with van der Waals surface area (Å²) in [6.45, 7) is 3.17. The molecule has 0 saturated heterocycles. The molecule has 0 radical (unpaired) electrons. The second kappa shape index (κ2) is 11.2. The van der Waals surface area contributed by atoms with Crippen molar-refractivity contribution in [3.63, 3.8) is 0 Å². The maximum atomic E-state index is 4.90. The highest BCUT2D eigenvalue weighted by molar-refractivity contribution is 5.16. The third kappa shape index (κ3) is 7.69. The van der Waals surface area contributed by atoms with Crippen LogP contribution in [0, 0.1) is 0 Å². The molecule has 0 fully saturated rings. The van der Waals surface area contributed by atoms with Crippen LogP contribution in [0.5, 0.6) is 0 Å². The summed E-state index contributed by atoms with van der Waals surface area (Å²) in [6, 6.07) is 21.1. The number of nitrogens with two attached hydrogens (primary N) is 2. The van der Waals surface area contributed by atoms with Crippen LogP contribution in [0.3, 0.4) is 0 Å². The van der Waals surface area contributed by atoms with Gasteiger partial charge in [0.25, 0.3) is 0 Å². The van der Waals surface area contributed by atoms with Gasteiger partial charge < -0.3 is 16.8 Å². The summed E-state index contributed by atoms with van der Waals surface area (Å²) in [6.07, 6.45) is 1.09. The Labute approximate surface area is 122 Å². The molecule has 3 nitrogen and oxygen atoms in total. The average Bonchev–Trinajstić information content (AvgIpc) is 2.54. The highest BCUT2D eigenvalue weighted by atomic mass is 14.8. The number of hydrogen-bond acceptors (Lipinski definition) is 3. The molecule has 0 bridgehead atoms. The fourth-order valence-electron chi connectivity index (χ4n) is 1.71. The van der Waals surface area contributed by atoms with Gasteiger partial charge in [0.2, 0.25) is 0 Å². The molecule has 3 heteroatoms. The van der Waals surface area contributed by atoms with Crippen LogP contribution in [0.15, 0.2) is 60.7 Å². The quantitative estimate of drug-likeness (QED) is 0.703. The molecular weight excluding hydrogens is 246 g/mol. The van der Waals surface area contributed by atoms with Crippen molar-refractivity contribution in [2.24, 2.45) is 11.5 Å². The van der Waals surface area contributed by atoms with Gasteiger partial charge in [-0.2, -0.15) is 0 Å². The minimum Gasteiger partial charge on any atom is -0.329 e. The summed E-state index contributed by atoms with van der Waals surface area (Å²) >= 11 is 0. The van der Waals surface area contributed by atoms with E-state index in [9.17, 15) is 0 Å². The topological polar surface area (TPSA) is 64.1 Å². The van der Waals surface area contributed by atoms with E-state index in [1.54, 1.807) is 0 Å². The van der Waals surface area contributed by atoms with E-state index in [1.807, 2.05) is 6.07 Å². The summed E-state index contributed by atoms with van der Waals surface area (Å²) in [4.78, 5) is 0. The van der Waals surface area contributed by atoms with Crippen molar-refractivity contribution in [2.75, 3.05) is 19.6 Å². The predicted octanol–water partition coefficient (Wildman–Crippen LogP) is 1.92. The first-order valence-corrected chi connectivity index (χ1v) is 7.05. The Morgan fingerprint density at radius 3 is 1.70 bits per heavy atom. The second-order valence-corrected chi connectivity index (χ2v) is 4.48. The lowest BCUT2D eigenvalue weighted by molar-refractivity contribution is 0.687. The Hall–Kier alpha value is -1.68. The zero-order chi connectivity index (χ0) is 14.5.